The van der Waals surface area contributed by atoms with E-state index in [0.29, 0.717) is 16.0 Å². The number of pyridine rings is 1. The van der Waals surface area contributed by atoms with Crippen LogP contribution in [-0.2, 0) is 6.42 Å². The highest BCUT2D eigenvalue weighted by Gasteiger charge is 2.23. The van der Waals surface area contributed by atoms with Gasteiger partial charge in [0.15, 0.2) is 0 Å². The van der Waals surface area contributed by atoms with Crippen LogP contribution in [0.2, 0.25) is 5.15 Å². The molecule has 5 heteroatoms. The number of carbonyl (C=O) groups excluding carboxylic acids is 1. The molecular weight excluding hydrogens is 280 g/mol. The first kappa shape index (κ1) is 14.7. The topological polar surface area (TPSA) is 33.2 Å². The van der Waals surface area contributed by atoms with Gasteiger partial charge in [0, 0.05) is 35.3 Å². The lowest BCUT2D eigenvalue weighted by molar-refractivity contribution is 0.0763. The molecule has 1 atom stereocenters. The maximum absolute atomic E-state index is 12.5. The van der Waals surface area contributed by atoms with Crippen molar-refractivity contribution in [3.05, 3.63) is 28.5 Å². The van der Waals surface area contributed by atoms with Crippen molar-refractivity contribution in [3.63, 3.8) is 0 Å². The van der Waals surface area contributed by atoms with E-state index in [9.17, 15) is 4.79 Å². The Morgan fingerprint density at radius 1 is 1.58 bits per heavy atom. The van der Waals surface area contributed by atoms with E-state index in [1.807, 2.05) is 22.7 Å². The lowest BCUT2D eigenvalue weighted by atomic mass is 10.1. The summed E-state index contributed by atoms with van der Waals surface area (Å²) in [7, 11) is 0. The average molecular weight is 299 g/mol. The monoisotopic (exact) mass is 298 g/mol. The number of rotatable bonds is 3. The van der Waals surface area contributed by atoms with E-state index < -0.39 is 0 Å². The van der Waals surface area contributed by atoms with Crippen molar-refractivity contribution in [2.75, 3.05) is 18.8 Å². The fourth-order valence-corrected chi connectivity index (χ4v) is 3.48. The molecule has 1 amide bonds. The van der Waals surface area contributed by atoms with Gasteiger partial charge in [-0.2, -0.15) is 11.8 Å². The van der Waals surface area contributed by atoms with E-state index in [4.69, 9.17) is 11.6 Å². The molecule has 2 heterocycles. The third kappa shape index (κ3) is 3.86. The van der Waals surface area contributed by atoms with E-state index in [1.54, 1.807) is 6.07 Å². The molecule has 1 aliphatic rings. The third-order valence-corrected chi connectivity index (χ3v) is 4.46. The van der Waals surface area contributed by atoms with Gasteiger partial charge in [0.05, 0.1) is 0 Å². The average Bonchev–Trinajstić information content (AvgIpc) is 2.37. The van der Waals surface area contributed by atoms with Crippen molar-refractivity contribution >= 4 is 29.3 Å². The van der Waals surface area contributed by atoms with Crippen LogP contribution >= 0.6 is 23.4 Å². The Morgan fingerprint density at radius 3 is 3.05 bits per heavy atom. The number of aryl methyl sites for hydroxylation is 1. The minimum Gasteiger partial charge on any atom is -0.337 e. The van der Waals surface area contributed by atoms with Crippen LogP contribution in [0.5, 0.6) is 0 Å². The Kier molecular flexibility index (Phi) is 5.11. The van der Waals surface area contributed by atoms with Crippen molar-refractivity contribution in [1.82, 2.24) is 9.88 Å². The molecule has 1 aromatic heterocycles. The molecule has 104 valence electrons. The highest BCUT2D eigenvalue weighted by Crippen LogP contribution is 2.21. The van der Waals surface area contributed by atoms with Gasteiger partial charge in [-0.3, -0.25) is 4.79 Å². The third-order valence-electron chi connectivity index (χ3n) is 3.13. The second kappa shape index (κ2) is 6.62. The van der Waals surface area contributed by atoms with Crippen LogP contribution in [0.25, 0.3) is 0 Å². The molecular formula is C14H19ClN2OS. The minimum absolute atomic E-state index is 0.0776. The Hall–Kier alpha value is -0.740. The molecule has 3 nitrogen and oxygen atoms in total. The molecule has 0 aromatic carbocycles. The molecule has 1 aromatic rings. The van der Waals surface area contributed by atoms with Gasteiger partial charge in [0.25, 0.3) is 5.91 Å². The molecule has 0 saturated carbocycles. The van der Waals surface area contributed by atoms with Gasteiger partial charge < -0.3 is 4.90 Å². The molecule has 0 radical (unpaired) electrons. The van der Waals surface area contributed by atoms with Gasteiger partial charge in [0.1, 0.15) is 5.15 Å². The Labute approximate surface area is 123 Å². The molecule has 1 unspecified atom stereocenters. The normalized spacial score (nSPS) is 19.5. The predicted molar refractivity (Wildman–Crippen MR) is 81.1 cm³/mol. The molecule has 0 N–H and O–H groups in total. The van der Waals surface area contributed by atoms with Crippen LogP contribution in [0.1, 0.15) is 36.3 Å². The van der Waals surface area contributed by atoms with Gasteiger partial charge in [-0.1, -0.05) is 31.9 Å². The van der Waals surface area contributed by atoms with Gasteiger partial charge in [-0.25, -0.2) is 4.98 Å². The van der Waals surface area contributed by atoms with Crippen LogP contribution in [0, 0.1) is 0 Å². The van der Waals surface area contributed by atoms with Crippen LogP contribution in [0.4, 0.5) is 0 Å². The summed E-state index contributed by atoms with van der Waals surface area (Å²) in [6, 6.07) is 3.56. The number of halogens is 1. The Balaban J connectivity index is 2.18. The van der Waals surface area contributed by atoms with Gasteiger partial charge in [-0.15, -0.1) is 0 Å². The zero-order valence-electron chi connectivity index (χ0n) is 11.4. The number of nitrogens with zero attached hydrogens (tertiary/aromatic N) is 2. The van der Waals surface area contributed by atoms with Crippen molar-refractivity contribution < 1.29 is 4.79 Å². The number of hydrogen-bond acceptors (Lipinski definition) is 3. The molecule has 19 heavy (non-hydrogen) atoms. The van der Waals surface area contributed by atoms with Crippen LogP contribution < -0.4 is 0 Å². The second-order valence-electron chi connectivity index (χ2n) is 4.85. The molecule has 1 fully saturated rings. The predicted octanol–water partition coefficient (Wildman–Crippen LogP) is 3.27. The zero-order chi connectivity index (χ0) is 13.8. The largest absolute Gasteiger partial charge is 0.337 e. The van der Waals surface area contributed by atoms with Crippen molar-refractivity contribution in [1.29, 1.82) is 0 Å². The fourth-order valence-electron chi connectivity index (χ4n) is 2.24. The number of hydrogen-bond donors (Lipinski definition) is 0. The summed E-state index contributed by atoms with van der Waals surface area (Å²) < 4.78 is 0. The van der Waals surface area contributed by atoms with Crippen LogP contribution in [0.15, 0.2) is 12.1 Å². The maximum atomic E-state index is 12.5. The first-order valence-electron chi connectivity index (χ1n) is 6.67. The summed E-state index contributed by atoms with van der Waals surface area (Å²) in [5.41, 5.74) is 1.57. The Morgan fingerprint density at radius 2 is 2.37 bits per heavy atom. The first-order chi connectivity index (χ1) is 9.10. The molecule has 2 rings (SSSR count). The molecule has 1 aliphatic heterocycles. The van der Waals surface area contributed by atoms with Crippen molar-refractivity contribution in [3.8, 4) is 0 Å². The van der Waals surface area contributed by atoms with Crippen molar-refractivity contribution in [2.24, 2.45) is 0 Å². The van der Waals surface area contributed by atoms with Gasteiger partial charge >= 0.3 is 0 Å². The van der Waals surface area contributed by atoms with E-state index >= 15 is 0 Å². The maximum Gasteiger partial charge on any atom is 0.254 e. The van der Waals surface area contributed by atoms with E-state index in [2.05, 4.69) is 18.8 Å². The van der Waals surface area contributed by atoms with E-state index in [1.165, 1.54) is 0 Å². The minimum atomic E-state index is 0.0776. The molecule has 1 saturated heterocycles. The lowest BCUT2D eigenvalue weighted by Crippen LogP contribution is -2.41. The molecule has 0 bridgehead atoms. The van der Waals surface area contributed by atoms with Crippen LogP contribution in [-0.4, -0.2) is 39.9 Å². The van der Waals surface area contributed by atoms with Gasteiger partial charge in [-0.05, 0) is 18.6 Å². The highest BCUT2D eigenvalue weighted by atomic mass is 35.5. The summed E-state index contributed by atoms with van der Waals surface area (Å²) >= 11 is 7.93. The van der Waals surface area contributed by atoms with E-state index in [-0.39, 0.29) is 5.91 Å². The first-order valence-corrected chi connectivity index (χ1v) is 8.10. The fraction of sp³-hybridized carbons (Fsp3) is 0.571. The summed E-state index contributed by atoms with van der Waals surface area (Å²) in [6.07, 6.45) is 1.85. The molecule has 0 spiro atoms. The summed E-state index contributed by atoms with van der Waals surface area (Å²) in [6.45, 7) is 5.88. The number of carbonyl (C=O) groups is 1. The number of thioether (sulfide) groups is 1. The molecule has 0 aliphatic carbocycles. The van der Waals surface area contributed by atoms with Crippen molar-refractivity contribution in [2.45, 2.75) is 31.9 Å². The quantitative estimate of drug-likeness (QED) is 0.803. The summed E-state index contributed by atoms with van der Waals surface area (Å²) in [5.74, 6) is 1.09. The summed E-state index contributed by atoms with van der Waals surface area (Å²) in [4.78, 5) is 18.7. The highest BCUT2D eigenvalue weighted by molar-refractivity contribution is 7.99. The standard InChI is InChI=1S/C14H19ClN2OS/c1-3-4-12-7-11(8-13(15)16-12)14(18)17-5-6-19-10(2)9-17/h7-8,10H,3-6,9H2,1-2H3. The number of amides is 1. The zero-order valence-corrected chi connectivity index (χ0v) is 12.9. The van der Waals surface area contributed by atoms with Gasteiger partial charge in [0.2, 0.25) is 0 Å². The number of aromatic nitrogens is 1. The smallest absolute Gasteiger partial charge is 0.254 e. The van der Waals surface area contributed by atoms with Crippen LogP contribution in [0.3, 0.4) is 0 Å². The second-order valence-corrected chi connectivity index (χ2v) is 6.79. The Bertz CT molecular complexity index is 467. The van der Waals surface area contributed by atoms with E-state index in [0.717, 1.165) is 37.4 Å². The SMILES string of the molecule is CCCc1cc(C(=O)N2CCSC(C)C2)cc(Cl)n1. The lowest BCUT2D eigenvalue weighted by Gasteiger charge is -2.30. The summed E-state index contributed by atoms with van der Waals surface area (Å²) in [5, 5.41) is 0.916.